The highest BCUT2D eigenvalue weighted by Gasteiger charge is 2.31. The normalized spacial score (nSPS) is 18.9. The first-order valence-corrected chi connectivity index (χ1v) is 12.1. The van der Waals surface area contributed by atoms with Crippen molar-refractivity contribution >= 4 is 5.82 Å². The van der Waals surface area contributed by atoms with E-state index in [4.69, 9.17) is 10.5 Å². The van der Waals surface area contributed by atoms with E-state index in [1.54, 1.807) is 44.4 Å². The van der Waals surface area contributed by atoms with Gasteiger partial charge in [-0.3, -0.25) is 9.91 Å². The summed E-state index contributed by atoms with van der Waals surface area (Å²) in [4.78, 5) is 8.36. The summed E-state index contributed by atoms with van der Waals surface area (Å²) in [5.41, 5.74) is 6.79. The van der Waals surface area contributed by atoms with Gasteiger partial charge in [0.15, 0.2) is 11.6 Å². The van der Waals surface area contributed by atoms with Gasteiger partial charge in [0.1, 0.15) is 5.60 Å². The average molecular weight is 507 g/mol. The predicted molar refractivity (Wildman–Crippen MR) is 141 cm³/mol. The lowest BCUT2D eigenvalue weighted by molar-refractivity contribution is -0.303. The molecule has 1 aliphatic rings. The van der Waals surface area contributed by atoms with Crippen LogP contribution in [0.25, 0.3) is 11.1 Å². The van der Waals surface area contributed by atoms with Crippen LogP contribution in [-0.4, -0.2) is 72.9 Å². The quantitative estimate of drug-likeness (QED) is 0.300. The molecule has 0 bridgehead atoms. The van der Waals surface area contributed by atoms with Crippen molar-refractivity contribution in [1.29, 1.82) is 0 Å². The Labute approximate surface area is 216 Å². The lowest BCUT2D eigenvalue weighted by atomic mass is 10.1. The largest absolute Gasteiger partial charge is 0.432 e. The number of hydrogen-bond acceptors (Lipinski definition) is 9. The topological polar surface area (TPSA) is 133 Å². The fourth-order valence-electron chi connectivity index (χ4n) is 4.09. The third-order valence-electron chi connectivity index (χ3n) is 6.42. The number of hydrogen-bond donors (Lipinski definition) is 4. The van der Waals surface area contributed by atoms with Crippen molar-refractivity contribution in [3.05, 3.63) is 60.0 Å². The molecule has 3 aromatic rings. The number of benzene rings is 1. The second kappa shape index (κ2) is 10.0. The molecule has 2 atom stereocenters. The van der Waals surface area contributed by atoms with Gasteiger partial charge >= 0.3 is 5.97 Å². The Bertz CT molecular complexity index is 1310. The SMILES string of the molecule is CC1CN(n2cc(-c3cnc(N)c(OC(O)(O)c4cccc(C#CC(C)(C)O)c4)c3)cn2)CC(C)N1C. The van der Waals surface area contributed by atoms with E-state index in [1.165, 1.54) is 12.1 Å². The Morgan fingerprint density at radius 2 is 1.76 bits per heavy atom. The highest BCUT2D eigenvalue weighted by atomic mass is 16.8. The van der Waals surface area contributed by atoms with E-state index >= 15 is 0 Å². The van der Waals surface area contributed by atoms with Crippen LogP contribution in [0.4, 0.5) is 5.82 Å². The molecule has 0 amide bonds. The number of piperazine rings is 1. The van der Waals surface area contributed by atoms with Crippen LogP contribution < -0.4 is 15.5 Å². The molecule has 1 fully saturated rings. The predicted octanol–water partition coefficient (Wildman–Crippen LogP) is 1.48. The summed E-state index contributed by atoms with van der Waals surface area (Å²) in [6.07, 6.45) is 5.21. The summed E-state index contributed by atoms with van der Waals surface area (Å²) in [7, 11) is 2.13. The lowest BCUT2D eigenvalue weighted by Gasteiger charge is -2.42. The van der Waals surface area contributed by atoms with Crippen LogP contribution in [0.2, 0.25) is 0 Å². The van der Waals surface area contributed by atoms with Crippen molar-refractivity contribution in [2.45, 2.75) is 51.4 Å². The molecule has 4 rings (SSSR count). The third kappa shape index (κ3) is 6.21. The second-order valence-corrected chi connectivity index (χ2v) is 10.1. The van der Waals surface area contributed by atoms with Gasteiger partial charge in [-0.2, -0.15) is 9.89 Å². The van der Waals surface area contributed by atoms with Crippen molar-refractivity contribution in [1.82, 2.24) is 19.8 Å². The molecule has 10 heteroatoms. The van der Waals surface area contributed by atoms with Crippen LogP contribution in [0.1, 0.15) is 38.8 Å². The van der Waals surface area contributed by atoms with Crippen molar-refractivity contribution in [2.75, 3.05) is 30.9 Å². The van der Waals surface area contributed by atoms with Gasteiger partial charge in [0.05, 0.1) is 31.0 Å². The van der Waals surface area contributed by atoms with Crippen LogP contribution in [0, 0.1) is 11.8 Å². The molecule has 1 aromatic carbocycles. The summed E-state index contributed by atoms with van der Waals surface area (Å²) in [6, 6.07) is 8.62. The molecule has 3 heterocycles. The van der Waals surface area contributed by atoms with Crippen molar-refractivity contribution < 1.29 is 20.1 Å². The fourth-order valence-corrected chi connectivity index (χ4v) is 4.09. The van der Waals surface area contributed by atoms with Gasteiger partial charge in [0.2, 0.25) is 0 Å². The van der Waals surface area contributed by atoms with Gasteiger partial charge in [-0.25, -0.2) is 4.98 Å². The molecule has 0 radical (unpaired) electrons. The van der Waals surface area contributed by atoms with Crippen LogP contribution in [0.3, 0.4) is 0 Å². The first kappa shape index (κ1) is 26.4. The number of aromatic nitrogens is 3. The van der Waals surface area contributed by atoms with E-state index in [2.05, 4.69) is 52.7 Å². The molecule has 1 aliphatic heterocycles. The van der Waals surface area contributed by atoms with E-state index in [-0.39, 0.29) is 17.1 Å². The molecular formula is C27H34N6O4. The third-order valence-corrected chi connectivity index (χ3v) is 6.42. The van der Waals surface area contributed by atoms with Gasteiger partial charge in [-0.1, -0.05) is 17.9 Å². The minimum Gasteiger partial charge on any atom is -0.432 e. The van der Waals surface area contributed by atoms with Crippen molar-refractivity contribution in [2.24, 2.45) is 0 Å². The number of anilines is 1. The molecule has 2 unspecified atom stereocenters. The summed E-state index contributed by atoms with van der Waals surface area (Å²) in [5, 5.41) is 38.0. The van der Waals surface area contributed by atoms with Gasteiger partial charge in [-0.05, 0) is 59.0 Å². The van der Waals surface area contributed by atoms with Gasteiger partial charge in [-0.15, -0.1) is 0 Å². The standard InChI is InChI=1S/C27H34N6O4/c1-18-15-32(16-19(2)31(18)5)33-17-22(14-30-33)21-12-24(25(28)29-13-21)37-27(35,36)23-8-6-7-20(11-23)9-10-26(3,4)34/h6-8,11-14,17-19,34-36H,15-16H2,1-5H3,(H2,28,29). The Balaban J connectivity index is 1.56. The number of nitrogen functional groups attached to an aromatic ring is 1. The van der Waals surface area contributed by atoms with Gasteiger partial charge < -0.3 is 25.8 Å². The molecular weight excluding hydrogens is 472 g/mol. The van der Waals surface area contributed by atoms with Crippen molar-refractivity contribution in [3.63, 3.8) is 0 Å². The molecule has 0 spiro atoms. The molecule has 0 aliphatic carbocycles. The van der Waals surface area contributed by atoms with Crippen LogP contribution in [0.5, 0.6) is 5.75 Å². The van der Waals surface area contributed by atoms with Crippen LogP contribution in [0.15, 0.2) is 48.9 Å². The smallest absolute Gasteiger partial charge is 0.351 e. The van der Waals surface area contributed by atoms with Gasteiger partial charge in [0.25, 0.3) is 0 Å². The average Bonchev–Trinajstić information content (AvgIpc) is 3.32. The minimum atomic E-state index is -2.70. The molecule has 37 heavy (non-hydrogen) atoms. The van der Waals surface area contributed by atoms with E-state index < -0.39 is 11.6 Å². The first-order chi connectivity index (χ1) is 17.3. The van der Waals surface area contributed by atoms with Gasteiger partial charge in [0, 0.05) is 35.0 Å². The van der Waals surface area contributed by atoms with Crippen molar-refractivity contribution in [3.8, 4) is 28.7 Å². The Morgan fingerprint density at radius 1 is 1.05 bits per heavy atom. The van der Waals surface area contributed by atoms with E-state index in [9.17, 15) is 15.3 Å². The maximum Gasteiger partial charge on any atom is 0.351 e. The summed E-state index contributed by atoms with van der Waals surface area (Å²) < 4.78 is 5.53. The minimum absolute atomic E-state index is 0.00307. The Kier molecular flexibility index (Phi) is 7.17. The van der Waals surface area contributed by atoms with E-state index in [0.29, 0.717) is 23.2 Å². The number of likely N-dealkylation sites (N-methyl/N-ethyl adjacent to an activating group) is 1. The number of nitrogens with zero attached hydrogens (tertiary/aromatic N) is 5. The molecule has 0 saturated carbocycles. The number of pyridine rings is 1. The summed E-state index contributed by atoms with van der Waals surface area (Å²) in [6.45, 7) is 9.18. The second-order valence-electron chi connectivity index (χ2n) is 10.1. The molecule has 1 saturated heterocycles. The highest BCUT2D eigenvalue weighted by molar-refractivity contribution is 5.66. The Hall–Kier alpha value is -3.62. The summed E-state index contributed by atoms with van der Waals surface area (Å²) >= 11 is 0. The Morgan fingerprint density at radius 3 is 2.43 bits per heavy atom. The number of rotatable bonds is 5. The fraction of sp³-hybridized carbons (Fsp3) is 0.407. The number of nitrogens with two attached hydrogens (primary N) is 1. The monoisotopic (exact) mass is 506 g/mol. The lowest BCUT2D eigenvalue weighted by Crippen LogP contribution is -2.58. The van der Waals surface area contributed by atoms with Crippen LogP contribution >= 0.6 is 0 Å². The maximum atomic E-state index is 10.7. The molecule has 5 N–H and O–H groups in total. The molecule has 196 valence electrons. The zero-order chi connectivity index (χ0) is 27.0. The maximum absolute atomic E-state index is 10.7. The number of ether oxygens (including phenoxy) is 1. The zero-order valence-corrected chi connectivity index (χ0v) is 21.8. The first-order valence-electron chi connectivity index (χ1n) is 12.1. The van der Waals surface area contributed by atoms with E-state index in [0.717, 1.165) is 18.7 Å². The van der Waals surface area contributed by atoms with E-state index in [1.807, 2.05) is 11.0 Å². The summed E-state index contributed by atoms with van der Waals surface area (Å²) in [5.74, 6) is 2.81. The molecule has 2 aromatic heterocycles. The highest BCUT2D eigenvalue weighted by Crippen LogP contribution is 2.32. The number of aliphatic hydroxyl groups is 3. The molecule has 10 nitrogen and oxygen atoms in total. The van der Waals surface area contributed by atoms with Crippen LogP contribution in [-0.2, 0) is 5.97 Å². The zero-order valence-electron chi connectivity index (χ0n) is 21.8.